The highest BCUT2D eigenvalue weighted by Gasteiger charge is 2.35. The first kappa shape index (κ1) is 32.4. The van der Waals surface area contributed by atoms with Crippen LogP contribution >= 0.6 is 23.2 Å². The predicted molar refractivity (Wildman–Crippen MR) is 166 cm³/mol. The Balaban J connectivity index is 2.13. The topological polar surface area (TPSA) is 86.8 Å². The van der Waals surface area contributed by atoms with E-state index in [2.05, 4.69) is 5.32 Å². The molecule has 2 unspecified atom stereocenters. The van der Waals surface area contributed by atoms with Gasteiger partial charge in [-0.1, -0.05) is 73.4 Å². The van der Waals surface area contributed by atoms with Crippen LogP contribution in [0.5, 0.6) is 0 Å². The third kappa shape index (κ3) is 7.82. The number of aryl methyl sites for hydroxylation is 2. The molecule has 0 saturated carbocycles. The molecule has 3 aromatic rings. The van der Waals surface area contributed by atoms with Gasteiger partial charge in [0.15, 0.2) is 0 Å². The summed E-state index contributed by atoms with van der Waals surface area (Å²) in [5.41, 5.74) is 2.38. The third-order valence-corrected chi connectivity index (χ3v) is 9.50. The molecule has 0 spiro atoms. The number of halogens is 2. The lowest BCUT2D eigenvalue weighted by molar-refractivity contribution is -0.140. The Bertz CT molecular complexity index is 1460. The van der Waals surface area contributed by atoms with Gasteiger partial charge in [-0.25, -0.2) is 8.42 Å². The number of hydrogen-bond donors (Lipinski definition) is 1. The van der Waals surface area contributed by atoms with Crippen LogP contribution in [0.1, 0.15) is 50.3 Å². The fourth-order valence-corrected chi connectivity index (χ4v) is 6.44. The molecule has 41 heavy (non-hydrogen) atoms. The fraction of sp³-hybridized carbons (Fsp3) is 0.355. The number of carbonyl (C=O) groups excluding carboxylic acids is 2. The van der Waals surface area contributed by atoms with Crippen LogP contribution in [-0.2, 0) is 26.2 Å². The predicted octanol–water partition coefficient (Wildman–Crippen LogP) is 6.53. The van der Waals surface area contributed by atoms with E-state index < -0.39 is 28.5 Å². The van der Waals surface area contributed by atoms with Crippen LogP contribution in [0.25, 0.3) is 0 Å². The Hall–Kier alpha value is -3.07. The minimum atomic E-state index is -4.15. The van der Waals surface area contributed by atoms with E-state index >= 15 is 0 Å². The summed E-state index contributed by atoms with van der Waals surface area (Å²) in [6, 6.07) is 17.4. The number of nitrogens with one attached hydrogen (secondary N) is 1. The number of nitrogens with zero attached hydrogens (tertiary/aromatic N) is 2. The summed E-state index contributed by atoms with van der Waals surface area (Å²) in [6.07, 6.45) is 1.01. The van der Waals surface area contributed by atoms with E-state index in [0.717, 1.165) is 9.87 Å². The Morgan fingerprint density at radius 1 is 0.902 bits per heavy atom. The summed E-state index contributed by atoms with van der Waals surface area (Å²) in [5, 5.41) is 3.64. The van der Waals surface area contributed by atoms with Crippen LogP contribution in [0.15, 0.2) is 71.6 Å². The molecular formula is C31H37Cl2N3O4S. The summed E-state index contributed by atoms with van der Waals surface area (Å²) >= 11 is 13.0. The molecule has 0 aliphatic carbocycles. The van der Waals surface area contributed by atoms with E-state index in [1.807, 2.05) is 32.9 Å². The van der Waals surface area contributed by atoms with Gasteiger partial charge in [0.25, 0.3) is 10.0 Å². The van der Waals surface area contributed by atoms with Crippen molar-refractivity contribution in [3.05, 3.63) is 93.5 Å². The van der Waals surface area contributed by atoms with Crippen LogP contribution in [0.3, 0.4) is 0 Å². The summed E-state index contributed by atoms with van der Waals surface area (Å²) in [4.78, 5) is 29.1. The first-order chi connectivity index (χ1) is 19.4. The Labute approximate surface area is 253 Å². The average Bonchev–Trinajstić information content (AvgIpc) is 2.94. The van der Waals surface area contributed by atoms with E-state index in [0.29, 0.717) is 39.7 Å². The lowest BCUT2D eigenvalue weighted by Crippen LogP contribution is -2.53. The van der Waals surface area contributed by atoms with Crippen molar-refractivity contribution >= 4 is 50.7 Å². The van der Waals surface area contributed by atoms with Gasteiger partial charge < -0.3 is 10.2 Å². The molecule has 3 rings (SSSR count). The van der Waals surface area contributed by atoms with Gasteiger partial charge in [-0.05, 0) is 75.1 Å². The maximum Gasteiger partial charge on any atom is 0.264 e. The quantitative estimate of drug-likeness (QED) is 0.250. The number of hydrogen-bond acceptors (Lipinski definition) is 4. The molecule has 0 radical (unpaired) electrons. The van der Waals surface area contributed by atoms with Gasteiger partial charge in [0.2, 0.25) is 11.8 Å². The maximum absolute atomic E-state index is 14.2. The third-order valence-electron chi connectivity index (χ3n) is 7.02. The molecule has 10 heteroatoms. The van der Waals surface area contributed by atoms with E-state index in [4.69, 9.17) is 23.2 Å². The van der Waals surface area contributed by atoms with Crippen LogP contribution in [-0.4, -0.2) is 43.8 Å². The molecule has 0 bridgehead atoms. The van der Waals surface area contributed by atoms with Crippen LogP contribution in [0, 0.1) is 13.8 Å². The summed E-state index contributed by atoms with van der Waals surface area (Å²) in [6.45, 7) is 8.69. The second kappa shape index (κ2) is 14.2. The van der Waals surface area contributed by atoms with E-state index in [-0.39, 0.29) is 23.4 Å². The van der Waals surface area contributed by atoms with E-state index in [1.54, 1.807) is 56.3 Å². The minimum Gasteiger partial charge on any atom is -0.352 e. The lowest BCUT2D eigenvalue weighted by Gasteiger charge is -2.34. The zero-order chi connectivity index (χ0) is 30.3. The zero-order valence-corrected chi connectivity index (χ0v) is 26.4. The Morgan fingerprint density at radius 2 is 1.54 bits per heavy atom. The van der Waals surface area contributed by atoms with Crippen LogP contribution < -0.4 is 9.62 Å². The lowest BCUT2D eigenvalue weighted by atomic mass is 10.1. The number of amides is 2. The van der Waals surface area contributed by atoms with Crippen LogP contribution in [0.4, 0.5) is 5.69 Å². The second-order valence-electron chi connectivity index (χ2n) is 10.1. The number of sulfonamides is 1. The molecule has 2 amide bonds. The van der Waals surface area contributed by atoms with Gasteiger partial charge >= 0.3 is 0 Å². The molecular weight excluding hydrogens is 581 g/mol. The summed E-state index contributed by atoms with van der Waals surface area (Å²) in [5.74, 6) is -0.893. The average molecular weight is 619 g/mol. The smallest absolute Gasteiger partial charge is 0.264 e. The standard InChI is InChI=1S/C31H37Cl2N3O4S/c1-6-23(5)34-31(38)28(7-2)35(19-25-26(32)14-11-15-27(25)33)30(37)20-36(29-18-21(3)16-17-22(29)4)41(39,40)24-12-9-8-10-13-24/h8-18,23,28H,6-7,19-20H2,1-5H3,(H,34,38). The molecule has 0 heterocycles. The first-order valence-corrected chi connectivity index (χ1v) is 15.8. The highest BCUT2D eigenvalue weighted by molar-refractivity contribution is 7.92. The summed E-state index contributed by atoms with van der Waals surface area (Å²) in [7, 11) is -4.15. The van der Waals surface area contributed by atoms with Crippen molar-refractivity contribution in [1.82, 2.24) is 10.2 Å². The SMILES string of the molecule is CCC(C)NC(=O)C(CC)N(Cc1c(Cl)cccc1Cl)C(=O)CN(c1cc(C)ccc1C)S(=O)(=O)c1ccccc1. The van der Waals surface area contributed by atoms with Crippen molar-refractivity contribution < 1.29 is 18.0 Å². The Kier molecular flexibility index (Phi) is 11.2. The maximum atomic E-state index is 14.2. The number of anilines is 1. The van der Waals surface area contributed by atoms with E-state index in [9.17, 15) is 18.0 Å². The normalized spacial score (nSPS) is 12.9. The van der Waals surface area contributed by atoms with Crippen molar-refractivity contribution in [2.75, 3.05) is 10.8 Å². The molecule has 7 nitrogen and oxygen atoms in total. The van der Waals surface area contributed by atoms with Gasteiger partial charge in [0, 0.05) is 28.2 Å². The van der Waals surface area contributed by atoms with Crippen molar-refractivity contribution in [2.45, 2.75) is 71.0 Å². The molecule has 220 valence electrons. The molecule has 0 aliphatic rings. The fourth-order valence-electron chi connectivity index (χ4n) is 4.44. The molecule has 0 aromatic heterocycles. The zero-order valence-electron chi connectivity index (χ0n) is 24.0. The largest absolute Gasteiger partial charge is 0.352 e. The van der Waals surface area contributed by atoms with Crippen molar-refractivity contribution in [3.63, 3.8) is 0 Å². The van der Waals surface area contributed by atoms with Crippen LogP contribution in [0.2, 0.25) is 10.0 Å². The van der Waals surface area contributed by atoms with E-state index in [1.165, 1.54) is 17.0 Å². The highest BCUT2D eigenvalue weighted by Crippen LogP contribution is 2.30. The Morgan fingerprint density at radius 3 is 2.12 bits per heavy atom. The molecule has 1 N–H and O–H groups in total. The van der Waals surface area contributed by atoms with Gasteiger partial charge in [-0.3, -0.25) is 13.9 Å². The highest BCUT2D eigenvalue weighted by atomic mass is 35.5. The molecule has 0 aliphatic heterocycles. The van der Waals surface area contributed by atoms with Crippen molar-refractivity contribution in [2.24, 2.45) is 0 Å². The number of benzene rings is 3. The second-order valence-corrected chi connectivity index (χ2v) is 12.8. The molecule has 2 atom stereocenters. The van der Waals surface area contributed by atoms with Gasteiger partial charge in [0.05, 0.1) is 10.6 Å². The monoisotopic (exact) mass is 617 g/mol. The molecule has 3 aromatic carbocycles. The number of rotatable bonds is 12. The molecule has 0 fully saturated rings. The van der Waals surface area contributed by atoms with Gasteiger partial charge in [-0.15, -0.1) is 0 Å². The molecule has 0 saturated heterocycles. The first-order valence-electron chi connectivity index (χ1n) is 13.6. The number of carbonyl (C=O) groups is 2. The van der Waals surface area contributed by atoms with Crippen molar-refractivity contribution in [1.29, 1.82) is 0 Å². The van der Waals surface area contributed by atoms with Crippen molar-refractivity contribution in [3.8, 4) is 0 Å². The summed E-state index contributed by atoms with van der Waals surface area (Å²) < 4.78 is 29.1. The van der Waals surface area contributed by atoms with Gasteiger partial charge in [0.1, 0.15) is 12.6 Å². The van der Waals surface area contributed by atoms with Gasteiger partial charge in [-0.2, -0.15) is 0 Å². The minimum absolute atomic E-state index is 0.0518.